The highest BCUT2D eigenvalue weighted by molar-refractivity contribution is 5.70. The van der Waals surface area contributed by atoms with E-state index in [1.807, 2.05) is 0 Å². The van der Waals surface area contributed by atoms with Crippen LogP contribution in [0.25, 0.3) is 0 Å². The standard InChI is InChI=1S/C69H106O5/c1-3-5-7-9-11-13-15-17-19-21-23-25-26-27-28-29-30-31-32-33-34-35-36-37-38-39-40-41-42-44-46-48-50-52-54-56-58-60-62-64-69(72)74-67(65-70)66-73-68(71)63-61-59-57-55-53-51-49-47-45-43-24-22-20-18-16-14-12-10-8-6-4-2/h5,7,11,13,16-19,22-25,27-28,30-31,33-34,36-37,39-40,42,44-45,47-48,50,54,56,67,70H,3-4,6,8-10,12,14-15,20-21,26,29,32,35,38,41,43,46,49,51-53,55,57-66H2,1-2H3/b7-5-,13-11-,18-16-,19-17-,24-22-,25-23-,28-27-,31-30-,34-33-,37-36-,40-39-,44-42-,47-45-,50-48-,56-54-. The van der Waals surface area contributed by atoms with E-state index in [0.29, 0.717) is 12.8 Å². The van der Waals surface area contributed by atoms with E-state index in [9.17, 15) is 14.7 Å². The van der Waals surface area contributed by atoms with Gasteiger partial charge in [0.1, 0.15) is 6.61 Å². The van der Waals surface area contributed by atoms with Crippen molar-refractivity contribution >= 4 is 11.9 Å². The molecule has 0 heterocycles. The van der Waals surface area contributed by atoms with Gasteiger partial charge in [0.15, 0.2) is 6.10 Å². The van der Waals surface area contributed by atoms with Crippen molar-refractivity contribution in [1.29, 1.82) is 0 Å². The predicted octanol–water partition coefficient (Wildman–Crippen LogP) is 20.3. The second kappa shape index (κ2) is 62.3. The number of aliphatic hydroxyl groups excluding tert-OH is 1. The molecule has 0 bridgehead atoms. The number of carbonyl (C=O) groups excluding carboxylic acids is 2. The van der Waals surface area contributed by atoms with Crippen molar-refractivity contribution in [2.45, 2.75) is 225 Å². The first kappa shape index (κ1) is 69.0. The third-order valence-corrected chi connectivity index (χ3v) is 11.7. The summed E-state index contributed by atoms with van der Waals surface area (Å²) < 4.78 is 10.6. The Morgan fingerprint density at radius 3 is 0.905 bits per heavy atom. The van der Waals surface area contributed by atoms with Crippen LogP contribution < -0.4 is 0 Å². The SMILES string of the molecule is CC/C=C\C/C=C\C/C=C\C/C=C\C/C=C\C/C=C\C/C=C\C/C=C\C/C=C\C/C=C\C/C=C\C/C=C\CCCCC(=O)OC(CO)COC(=O)CCCCCCCC/C=C\C/C=C\C/C=C\CCCCCCC. The molecule has 1 unspecified atom stereocenters. The normalized spacial score (nSPS) is 13.6. The molecule has 0 aliphatic carbocycles. The number of unbranched alkanes of at least 4 members (excludes halogenated alkanes) is 13. The Balaban J connectivity index is 3.72. The van der Waals surface area contributed by atoms with Crippen molar-refractivity contribution in [3.8, 4) is 0 Å². The van der Waals surface area contributed by atoms with Crippen LogP contribution >= 0.6 is 0 Å². The Hall–Kier alpha value is -5.00. The van der Waals surface area contributed by atoms with Crippen LogP contribution in [-0.2, 0) is 19.1 Å². The van der Waals surface area contributed by atoms with Crippen molar-refractivity contribution in [3.63, 3.8) is 0 Å². The number of aliphatic hydroxyl groups is 1. The molecule has 0 aromatic heterocycles. The fourth-order valence-electron chi connectivity index (χ4n) is 7.31. The van der Waals surface area contributed by atoms with Gasteiger partial charge in [-0.15, -0.1) is 0 Å². The maximum atomic E-state index is 12.3. The largest absolute Gasteiger partial charge is 0.462 e. The number of hydrogen-bond donors (Lipinski definition) is 1. The van der Waals surface area contributed by atoms with Gasteiger partial charge in [0.25, 0.3) is 0 Å². The lowest BCUT2D eigenvalue weighted by Gasteiger charge is -2.15. The van der Waals surface area contributed by atoms with E-state index >= 15 is 0 Å². The molecule has 412 valence electrons. The molecule has 0 amide bonds. The van der Waals surface area contributed by atoms with E-state index < -0.39 is 6.10 Å². The van der Waals surface area contributed by atoms with Gasteiger partial charge in [0.2, 0.25) is 0 Å². The van der Waals surface area contributed by atoms with E-state index in [4.69, 9.17) is 9.47 Å². The van der Waals surface area contributed by atoms with Crippen LogP contribution in [0.4, 0.5) is 0 Å². The Kier molecular flexibility index (Phi) is 58.1. The predicted molar refractivity (Wildman–Crippen MR) is 324 cm³/mol. The number of esters is 2. The smallest absolute Gasteiger partial charge is 0.306 e. The highest BCUT2D eigenvalue weighted by Gasteiger charge is 2.16. The summed E-state index contributed by atoms with van der Waals surface area (Å²) in [6, 6.07) is 0. The van der Waals surface area contributed by atoms with E-state index in [1.165, 1.54) is 57.8 Å². The Bertz CT molecular complexity index is 1720. The van der Waals surface area contributed by atoms with Crippen LogP contribution in [0.1, 0.15) is 219 Å². The van der Waals surface area contributed by atoms with Gasteiger partial charge in [-0.1, -0.05) is 247 Å². The number of carbonyl (C=O) groups is 2. The summed E-state index contributed by atoms with van der Waals surface area (Å²) >= 11 is 0. The van der Waals surface area contributed by atoms with Crippen molar-refractivity contribution in [2.75, 3.05) is 13.2 Å². The second-order valence-electron chi connectivity index (χ2n) is 18.6. The Morgan fingerprint density at radius 1 is 0.324 bits per heavy atom. The maximum absolute atomic E-state index is 12.3. The molecule has 0 radical (unpaired) electrons. The minimum Gasteiger partial charge on any atom is -0.462 e. The van der Waals surface area contributed by atoms with Crippen molar-refractivity contribution in [2.24, 2.45) is 0 Å². The topological polar surface area (TPSA) is 72.8 Å². The molecule has 0 aromatic carbocycles. The number of rotatable bonds is 51. The van der Waals surface area contributed by atoms with Gasteiger partial charge in [-0.2, -0.15) is 0 Å². The molecule has 0 saturated heterocycles. The highest BCUT2D eigenvalue weighted by atomic mass is 16.6. The quantitative estimate of drug-likeness (QED) is 0.0373. The van der Waals surface area contributed by atoms with Crippen molar-refractivity contribution in [3.05, 3.63) is 182 Å². The van der Waals surface area contributed by atoms with Gasteiger partial charge in [0, 0.05) is 12.8 Å². The van der Waals surface area contributed by atoms with Crippen LogP contribution in [0.2, 0.25) is 0 Å². The fraction of sp³-hybridized carbons (Fsp3) is 0.536. The van der Waals surface area contributed by atoms with Crippen molar-refractivity contribution in [1.82, 2.24) is 0 Å². The molecule has 5 nitrogen and oxygen atoms in total. The molecule has 0 aliphatic rings. The molecule has 0 aliphatic heterocycles. The van der Waals surface area contributed by atoms with Crippen LogP contribution in [0, 0.1) is 0 Å². The first-order valence-electron chi connectivity index (χ1n) is 29.3. The van der Waals surface area contributed by atoms with E-state index in [1.54, 1.807) is 0 Å². The molecule has 0 rings (SSSR count). The molecule has 1 atom stereocenters. The molecule has 74 heavy (non-hydrogen) atoms. The number of hydrogen-bond acceptors (Lipinski definition) is 5. The third kappa shape index (κ3) is 59.6. The van der Waals surface area contributed by atoms with Gasteiger partial charge in [0.05, 0.1) is 6.61 Å². The molecule has 5 heteroatoms. The van der Waals surface area contributed by atoms with Gasteiger partial charge < -0.3 is 14.6 Å². The van der Waals surface area contributed by atoms with Crippen LogP contribution in [0.15, 0.2) is 182 Å². The lowest BCUT2D eigenvalue weighted by Crippen LogP contribution is -2.28. The molecule has 1 N–H and O–H groups in total. The third-order valence-electron chi connectivity index (χ3n) is 11.7. The maximum Gasteiger partial charge on any atom is 0.306 e. The summed E-state index contributed by atoms with van der Waals surface area (Å²) in [6.45, 7) is 3.95. The summed E-state index contributed by atoms with van der Waals surface area (Å²) in [5.74, 6) is -0.671. The fourth-order valence-corrected chi connectivity index (χ4v) is 7.31. The number of ether oxygens (including phenoxy) is 2. The molecule has 0 aromatic rings. The molecular weight excluding hydrogens is 909 g/mol. The number of allylic oxidation sites excluding steroid dienone is 30. The molecule has 0 fully saturated rings. The average Bonchev–Trinajstić information content (AvgIpc) is 3.40. The van der Waals surface area contributed by atoms with Crippen LogP contribution in [0.5, 0.6) is 0 Å². The first-order valence-corrected chi connectivity index (χ1v) is 29.3. The van der Waals surface area contributed by atoms with E-state index in [-0.39, 0.29) is 31.6 Å². The van der Waals surface area contributed by atoms with Gasteiger partial charge in [-0.05, 0) is 141 Å². The summed E-state index contributed by atoms with van der Waals surface area (Å²) in [5.41, 5.74) is 0. The summed E-state index contributed by atoms with van der Waals surface area (Å²) in [7, 11) is 0. The summed E-state index contributed by atoms with van der Waals surface area (Å²) in [4.78, 5) is 24.5. The minimum atomic E-state index is -0.816. The zero-order valence-corrected chi connectivity index (χ0v) is 47.0. The Morgan fingerprint density at radius 2 is 0.581 bits per heavy atom. The van der Waals surface area contributed by atoms with Gasteiger partial charge >= 0.3 is 11.9 Å². The minimum absolute atomic E-state index is 0.103. The second-order valence-corrected chi connectivity index (χ2v) is 18.6. The lowest BCUT2D eigenvalue weighted by atomic mass is 10.1. The first-order chi connectivity index (χ1) is 36.6. The molecule has 0 saturated carbocycles. The average molecular weight is 1020 g/mol. The highest BCUT2D eigenvalue weighted by Crippen LogP contribution is 2.11. The van der Waals surface area contributed by atoms with E-state index in [0.717, 1.165) is 128 Å². The van der Waals surface area contributed by atoms with Gasteiger partial charge in [-0.25, -0.2) is 0 Å². The summed E-state index contributed by atoms with van der Waals surface area (Å²) in [5, 5.41) is 9.64. The summed E-state index contributed by atoms with van der Waals surface area (Å²) in [6.07, 6.45) is 98.6. The zero-order valence-electron chi connectivity index (χ0n) is 47.0. The van der Waals surface area contributed by atoms with Gasteiger partial charge in [-0.3, -0.25) is 9.59 Å². The van der Waals surface area contributed by atoms with Crippen LogP contribution in [0.3, 0.4) is 0 Å². The van der Waals surface area contributed by atoms with Crippen LogP contribution in [-0.4, -0.2) is 36.4 Å². The zero-order chi connectivity index (χ0) is 53.4. The lowest BCUT2D eigenvalue weighted by molar-refractivity contribution is -0.161. The molecular formula is C69H106O5. The van der Waals surface area contributed by atoms with E-state index in [2.05, 4.69) is 196 Å². The monoisotopic (exact) mass is 1010 g/mol. The Labute approximate surface area is 455 Å². The van der Waals surface area contributed by atoms with Crippen molar-refractivity contribution < 1.29 is 24.2 Å². The molecule has 0 spiro atoms.